The van der Waals surface area contributed by atoms with Crippen LogP contribution in [0, 0.1) is 11.2 Å². The van der Waals surface area contributed by atoms with E-state index in [9.17, 15) is 9.18 Å². The first kappa shape index (κ1) is 20.9. The first-order chi connectivity index (χ1) is 14.6. The number of halogens is 1. The molecule has 30 heavy (non-hydrogen) atoms. The molecule has 0 aromatic heterocycles. The summed E-state index contributed by atoms with van der Waals surface area (Å²) in [5, 5.41) is 0. The van der Waals surface area contributed by atoms with Crippen LogP contribution >= 0.6 is 0 Å². The number of amides is 1. The van der Waals surface area contributed by atoms with Gasteiger partial charge in [-0.1, -0.05) is 24.3 Å². The summed E-state index contributed by atoms with van der Waals surface area (Å²) in [4.78, 5) is 15.6. The summed E-state index contributed by atoms with van der Waals surface area (Å²) in [5.41, 5.74) is 2.30. The van der Waals surface area contributed by atoms with Gasteiger partial charge in [0.05, 0.1) is 12.5 Å². The van der Waals surface area contributed by atoms with Gasteiger partial charge in [0.15, 0.2) is 0 Å². The number of piperidine rings is 1. The van der Waals surface area contributed by atoms with Crippen LogP contribution in [0.3, 0.4) is 0 Å². The lowest BCUT2D eigenvalue weighted by Crippen LogP contribution is -2.49. The molecular weight excluding hydrogens is 381 g/mol. The molecule has 2 aliphatic rings. The van der Waals surface area contributed by atoms with Crippen LogP contribution < -0.4 is 4.74 Å². The van der Waals surface area contributed by atoms with Gasteiger partial charge in [0.25, 0.3) is 0 Å². The summed E-state index contributed by atoms with van der Waals surface area (Å²) in [5.74, 6) is 0.621. The fourth-order valence-electron chi connectivity index (χ4n) is 4.81. The van der Waals surface area contributed by atoms with Crippen LogP contribution in [0.25, 0.3) is 11.1 Å². The van der Waals surface area contributed by atoms with Crippen molar-refractivity contribution in [3.63, 3.8) is 0 Å². The highest BCUT2D eigenvalue weighted by Gasteiger charge is 2.42. The number of methoxy groups -OCH3 is 1. The van der Waals surface area contributed by atoms with Gasteiger partial charge in [-0.05, 0) is 67.9 Å². The van der Waals surface area contributed by atoms with Crippen molar-refractivity contribution >= 4 is 5.91 Å². The van der Waals surface area contributed by atoms with Crippen molar-refractivity contribution in [1.82, 2.24) is 4.90 Å². The number of nitrogens with zero attached hydrogens (tertiary/aromatic N) is 1. The largest absolute Gasteiger partial charge is 0.496 e. The molecule has 0 atom stereocenters. The van der Waals surface area contributed by atoms with Gasteiger partial charge in [-0.3, -0.25) is 4.79 Å². The van der Waals surface area contributed by atoms with Gasteiger partial charge < -0.3 is 14.4 Å². The number of benzene rings is 2. The monoisotopic (exact) mass is 411 g/mol. The molecule has 0 radical (unpaired) electrons. The Kier molecular flexibility index (Phi) is 6.38. The van der Waals surface area contributed by atoms with Gasteiger partial charge in [0.1, 0.15) is 11.6 Å². The molecule has 0 bridgehead atoms. The van der Waals surface area contributed by atoms with Crippen LogP contribution in [-0.2, 0) is 16.0 Å². The molecule has 0 spiro atoms. The number of carbonyl (C=O) groups is 1. The highest BCUT2D eigenvalue weighted by Crippen LogP contribution is 2.38. The predicted octanol–water partition coefficient (Wildman–Crippen LogP) is 4.85. The van der Waals surface area contributed by atoms with E-state index >= 15 is 0 Å². The third-order valence-corrected chi connectivity index (χ3v) is 6.49. The van der Waals surface area contributed by atoms with Crippen LogP contribution in [0.1, 0.15) is 37.7 Å². The maximum absolute atomic E-state index is 13.9. The molecule has 2 fully saturated rings. The molecule has 0 N–H and O–H groups in total. The lowest BCUT2D eigenvalue weighted by molar-refractivity contribution is -0.149. The summed E-state index contributed by atoms with van der Waals surface area (Å²) >= 11 is 0. The smallest absolute Gasteiger partial charge is 0.229 e. The van der Waals surface area contributed by atoms with Crippen molar-refractivity contribution in [3.05, 3.63) is 53.8 Å². The Balaban J connectivity index is 1.63. The molecule has 2 aromatic carbocycles. The van der Waals surface area contributed by atoms with Crippen LogP contribution in [0.15, 0.2) is 42.5 Å². The Labute approximate surface area is 178 Å². The fourth-order valence-corrected chi connectivity index (χ4v) is 4.81. The zero-order valence-corrected chi connectivity index (χ0v) is 17.7. The average Bonchev–Trinajstić information content (AvgIpc) is 2.80. The van der Waals surface area contributed by atoms with E-state index in [1.807, 2.05) is 12.1 Å². The molecule has 4 nitrogen and oxygen atoms in total. The van der Waals surface area contributed by atoms with Crippen molar-refractivity contribution in [3.8, 4) is 16.9 Å². The molecule has 0 unspecified atom stereocenters. The highest BCUT2D eigenvalue weighted by molar-refractivity contribution is 5.83. The van der Waals surface area contributed by atoms with E-state index in [2.05, 4.69) is 17.0 Å². The Morgan fingerprint density at radius 2 is 1.87 bits per heavy atom. The maximum Gasteiger partial charge on any atom is 0.229 e. The van der Waals surface area contributed by atoms with E-state index in [1.165, 1.54) is 18.6 Å². The van der Waals surface area contributed by atoms with E-state index in [1.54, 1.807) is 13.2 Å². The number of likely N-dealkylation sites (tertiary alicyclic amines) is 1. The zero-order chi connectivity index (χ0) is 21.0. The third kappa shape index (κ3) is 4.36. The van der Waals surface area contributed by atoms with Gasteiger partial charge in [-0.2, -0.15) is 0 Å². The van der Waals surface area contributed by atoms with Gasteiger partial charge in [-0.15, -0.1) is 0 Å². The normalized spacial score (nSPS) is 18.8. The SMILES string of the molecule is COc1ccc(F)cc1-c1cccc(CC2(C(=O)N3CCCCC3)CCOCC2)c1. The summed E-state index contributed by atoms with van der Waals surface area (Å²) in [6.07, 6.45) is 5.56. The van der Waals surface area contributed by atoms with Crippen LogP contribution in [0.4, 0.5) is 4.39 Å². The minimum Gasteiger partial charge on any atom is -0.496 e. The molecule has 4 rings (SSSR count). The lowest BCUT2D eigenvalue weighted by atomic mass is 9.73. The Bertz CT molecular complexity index is 886. The Hall–Kier alpha value is -2.40. The standard InChI is InChI=1S/C25H30FNO3/c1-29-23-9-8-21(26)17-22(23)20-7-5-6-19(16-20)18-25(10-14-30-15-11-25)24(28)27-12-3-2-4-13-27/h5-9,16-17H,2-4,10-15,18H2,1H3. The first-order valence-electron chi connectivity index (χ1n) is 10.9. The van der Waals surface area contributed by atoms with Gasteiger partial charge in [-0.25, -0.2) is 4.39 Å². The summed E-state index contributed by atoms with van der Waals surface area (Å²) in [6, 6.07) is 12.6. The van der Waals surface area contributed by atoms with Crippen LogP contribution in [0.2, 0.25) is 0 Å². The van der Waals surface area contributed by atoms with E-state index < -0.39 is 5.41 Å². The van der Waals surface area contributed by atoms with Crippen molar-refractivity contribution in [2.75, 3.05) is 33.4 Å². The molecule has 0 saturated carbocycles. The molecule has 2 aliphatic heterocycles. The molecule has 2 aromatic rings. The van der Waals surface area contributed by atoms with Gasteiger partial charge in [0.2, 0.25) is 5.91 Å². The quantitative estimate of drug-likeness (QED) is 0.706. The van der Waals surface area contributed by atoms with E-state index in [4.69, 9.17) is 9.47 Å². The minimum atomic E-state index is -0.416. The molecule has 2 saturated heterocycles. The average molecular weight is 412 g/mol. The van der Waals surface area contributed by atoms with Crippen molar-refractivity contribution < 1.29 is 18.7 Å². The second-order valence-corrected chi connectivity index (χ2v) is 8.47. The fraction of sp³-hybridized carbons (Fsp3) is 0.480. The topological polar surface area (TPSA) is 38.8 Å². The van der Waals surface area contributed by atoms with E-state index in [-0.39, 0.29) is 11.7 Å². The number of rotatable bonds is 5. The van der Waals surface area contributed by atoms with Gasteiger partial charge >= 0.3 is 0 Å². The molecule has 160 valence electrons. The highest BCUT2D eigenvalue weighted by atomic mass is 19.1. The van der Waals surface area contributed by atoms with Crippen LogP contribution in [-0.4, -0.2) is 44.2 Å². The van der Waals surface area contributed by atoms with E-state index in [0.29, 0.717) is 25.4 Å². The second-order valence-electron chi connectivity index (χ2n) is 8.47. The zero-order valence-electron chi connectivity index (χ0n) is 17.7. The number of carbonyl (C=O) groups excluding carboxylic acids is 1. The third-order valence-electron chi connectivity index (χ3n) is 6.49. The maximum atomic E-state index is 13.9. The van der Waals surface area contributed by atoms with Gasteiger partial charge in [0, 0.05) is 31.9 Å². The first-order valence-corrected chi connectivity index (χ1v) is 10.9. The summed E-state index contributed by atoms with van der Waals surface area (Å²) in [6.45, 7) is 2.97. The van der Waals surface area contributed by atoms with Crippen molar-refractivity contribution in [1.29, 1.82) is 0 Å². The minimum absolute atomic E-state index is 0.277. The van der Waals surface area contributed by atoms with Crippen molar-refractivity contribution in [2.45, 2.75) is 38.5 Å². The van der Waals surface area contributed by atoms with Crippen molar-refractivity contribution in [2.24, 2.45) is 5.41 Å². The second kappa shape index (κ2) is 9.17. The Morgan fingerprint density at radius 3 is 2.60 bits per heavy atom. The Morgan fingerprint density at radius 1 is 1.10 bits per heavy atom. The lowest BCUT2D eigenvalue weighted by Gasteiger charge is -2.41. The summed E-state index contributed by atoms with van der Waals surface area (Å²) in [7, 11) is 1.59. The predicted molar refractivity (Wildman–Crippen MR) is 115 cm³/mol. The molecule has 2 heterocycles. The number of hydrogen-bond acceptors (Lipinski definition) is 3. The molecule has 1 amide bonds. The number of hydrogen-bond donors (Lipinski definition) is 0. The molecule has 5 heteroatoms. The number of ether oxygens (including phenoxy) is 2. The molecular formula is C25H30FNO3. The van der Waals surface area contributed by atoms with E-state index in [0.717, 1.165) is 55.5 Å². The molecule has 0 aliphatic carbocycles. The summed E-state index contributed by atoms with van der Waals surface area (Å²) < 4.78 is 24.9. The van der Waals surface area contributed by atoms with Crippen LogP contribution in [0.5, 0.6) is 5.75 Å².